The lowest BCUT2D eigenvalue weighted by atomic mass is 10.2. The maximum absolute atomic E-state index is 13.2. The van der Waals surface area contributed by atoms with E-state index < -0.39 is 18.5 Å². The summed E-state index contributed by atoms with van der Waals surface area (Å²) in [4.78, 5) is 26.3. The van der Waals surface area contributed by atoms with Crippen molar-refractivity contribution in [2.75, 3.05) is 30.9 Å². The molecule has 0 aliphatic rings. The van der Waals surface area contributed by atoms with Crippen molar-refractivity contribution in [1.82, 2.24) is 0 Å². The highest BCUT2D eigenvalue weighted by molar-refractivity contribution is 7.20. The van der Waals surface area contributed by atoms with Crippen LogP contribution in [0.25, 0.3) is 10.1 Å². The van der Waals surface area contributed by atoms with Crippen LogP contribution in [0.5, 0.6) is 0 Å². The van der Waals surface area contributed by atoms with Crippen molar-refractivity contribution in [3.8, 4) is 0 Å². The molecule has 1 aromatic heterocycles. The summed E-state index contributed by atoms with van der Waals surface area (Å²) >= 11 is 1.20. The molecule has 0 unspecified atom stereocenters. The highest BCUT2D eigenvalue weighted by Crippen LogP contribution is 2.26. The highest BCUT2D eigenvalue weighted by atomic mass is 32.1. The number of carbonyl (C=O) groups is 2. The minimum Gasteiger partial charge on any atom is -0.451 e. The van der Waals surface area contributed by atoms with Crippen molar-refractivity contribution >= 4 is 44.7 Å². The van der Waals surface area contributed by atoms with E-state index in [1.165, 1.54) is 23.5 Å². The van der Waals surface area contributed by atoms with E-state index in [0.29, 0.717) is 16.0 Å². The molecule has 0 saturated carbocycles. The van der Waals surface area contributed by atoms with E-state index in [2.05, 4.69) is 5.32 Å². The topological polar surface area (TPSA) is 58.6 Å². The zero-order chi connectivity index (χ0) is 18.7. The molecule has 26 heavy (non-hydrogen) atoms. The highest BCUT2D eigenvalue weighted by Gasteiger charge is 2.14. The molecule has 0 saturated heterocycles. The number of nitrogens with zero attached hydrogens (tertiary/aromatic N) is 1. The normalized spacial score (nSPS) is 10.6. The van der Waals surface area contributed by atoms with Crippen molar-refractivity contribution in [2.24, 2.45) is 0 Å². The van der Waals surface area contributed by atoms with E-state index in [4.69, 9.17) is 4.74 Å². The number of ether oxygens (including phenoxy) is 1. The summed E-state index contributed by atoms with van der Waals surface area (Å²) < 4.78 is 19.0. The predicted octanol–water partition coefficient (Wildman–Crippen LogP) is 3.90. The zero-order valence-electron chi connectivity index (χ0n) is 14.3. The molecule has 0 atom stereocenters. The average molecular weight is 372 g/mol. The van der Waals surface area contributed by atoms with Crippen LogP contribution in [0.3, 0.4) is 0 Å². The number of hydrogen-bond acceptors (Lipinski definition) is 5. The number of thiophene rings is 1. The second kappa shape index (κ2) is 7.53. The van der Waals surface area contributed by atoms with Crippen molar-refractivity contribution in [3.05, 3.63) is 59.2 Å². The lowest BCUT2D eigenvalue weighted by molar-refractivity contribution is -0.119. The number of nitrogens with one attached hydrogen (secondary N) is 1. The monoisotopic (exact) mass is 372 g/mol. The summed E-state index contributed by atoms with van der Waals surface area (Å²) in [5.74, 6) is -1.40. The van der Waals surface area contributed by atoms with Gasteiger partial charge in [0.15, 0.2) is 6.61 Å². The van der Waals surface area contributed by atoms with Gasteiger partial charge in [-0.1, -0.05) is 0 Å². The van der Waals surface area contributed by atoms with Gasteiger partial charge < -0.3 is 15.0 Å². The van der Waals surface area contributed by atoms with Gasteiger partial charge in [0.25, 0.3) is 5.91 Å². The Morgan fingerprint density at radius 1 is 1.12 bits per heavy atom. The third kappa shape index (κ3) is 4.18. The number of fused-ring (bicyclic) bond motifs is 1. The molecule has 0 bridgehead atoms. The standard InChI is InChI=1S/C19H17FN2O3S/c1-22(2)15-6-4-14(5-7-15)21-18(23)11-25-19(24)17-10-12-9-13(20)3-8-16(12)26-17/h3-10H,11H2,1-2H3,(H,21,23). The summed E-state index contributed by atoms with van der Waals surface area (Å²) in [6.07, 6.45) is 0. The number of esters is 1. The number of amides is 1. The SMILES string of the molecule is CN(C)c1ccc(NC(=O)COC(=O)c2cc3cc(F)ccc3s2)cc1. The molecule has 134 valence electrons. The van der Waals surface area contributed by atoms with E-state index in [1.54, 1.807) is 24.3 Å². The van der Waals surface area contributed by atoms with Gasteiger partial charge in [0.1, 0.15) is 10.7 Å². The number of anilines is 2. The van der Waals surface area contributed by atoms with Gasteiger partial charge in [-0.15, -0.1) is 11.3 Å². The summed E-state index contributed by atoms with van der Waals surface area (Å²) in [5, 5.41) is 3.30. The first-order chi connectivity index (χ1) is 12.4. The number of halogens is 1. The fourth-order valence-electron chi connectivity index (χ4n) is 2.36. The van der Waals surface area contributed by atoms with E-state index in [9.17, 15) is 14.0 Å². The number of rotatable bonds is 5. The van der Waals surface area contributed by atoms with Crippen molar-refractivity contribution in [3.63, 3.8) is 0 Å². The van der Waals surface area contributed by atoms with Crippen LogP contribution in [0.4, 0.5) is 15.8 Å². The second-order valence-corrected chi connectivity index (χ2v) is 6.94. The van der Waals surface area contributed by atoms with Crippen molar-refractivity contribution < 1.29 is 18.7 Å². The Labute approximate surface area is 154 Å². The number of hydrogen-bond donors (Lipinski definition) is 1. The molecule has 0 fully saturated rings. The van der Waals surface area contributed by atoms with Crippen LogP contribution in [-0.4, -0.2) is 32.6 Å². The van der Waals surface area contributed by atoms with E-state index in [1.807, 2.05) is 31.1 Å². The molecule has 0 spiro atoms. The molecule has 1 amide bonds. The van der Waals surface area contributed by atoms with Crippen LogP contribution in [-0.2, 0) is 9.53 Å². The first-order valence-corrected chi connectivity index (χ1v) is 8.67. The second-order valence-electron chi connectivity index (χ2n) is 5.86. The Hall–Kier alpha value is -2.93. The fourth-order valence-corrected chi connectivity index (χ4v) is 3.29. The summed E-state index contributed by atoms with van der Waals surface area (Å²) in [6.45, 7) is -0.392. The van der Waals surface area contributed by atoms with Crippen LogP contribution in [0, 0.1) is 5.82 Å². The van der Waals surface area contributed by atoms with Crippen LogP contribution in [0.1, 0.15) is 9.67 Å². The van der Waals surface area contributed by atoms with E-state index in [-0.39, 0.29) is 5.82 Å². The number of benzene rings is 2. The van der Waals surface area contributed by atoms with Gasteiger partial charge in [0, 0.05) is 30.2 Å². The molecule has 1 N–H and O–H groups in total. The summed E-state index contributed by atoms with van der Waals surface area (Å²) in [7, 11) is 3.85. The molecular formula is C19H17FN2O3S. The average Bonchev–Trinajstić information content (AvgIpc) is 3.03. The Morgan fingerprint density at radius 2 is 1.85 bits per heavy atom. The quantitative estimate of drug-likeness (QED) is 0.690. The summed E-state index contributed by atoms with van der Waals surface area (Å²) in [6, 6.07) is 13.1. The Balaban J connectivity index is 1.57. The van der Waals surface area contributed by atoms with Crippen LogP contribution >= 0.6 is 11.3 Å². The maximum Gasteiger partial charge on any atom is 0.348 e. The molecule has 0 radical (unpaired) electrons. The Morgan fingerprint density at radius 3 is 2.54 bits per heavy atom. The molecule has 3 aromatic rings. The first kappa shape index (κ1) is 17.9. The molecule has 2 aromatic carbocycles. The largest absolute Gasteiger partial charge is 0.451 e. The summed E-state index contributed by atoms with van der Waals surface area (Å²) in [5.41, 5.74) is 1.63. The van der Waals surface area contributed by atoms with Crippen molar-refractivity contribution in [2.45, 2.75) is 0 Å². The van der Waals surface area contributed by atoms with E-state index in [0.717, 1.165) is 10.4 Å². The molecule has 3 rings (SSSR count). The maximum atomic E-state index is 13.2. The number of carbonyl (C=O) groups excluding carboxylic acids is 2. The predicted molar refractivity (Wildman–Crippen MR) is 101 cm³/mol. The van der Waals surface area contributed by atoms with Gasteiger partial charge >= 0.3 is 5.97 Å². The third-order valence-electron chi connectivity index (χ3n) is 3.68. The lowest BCUT2D eigenvalue weighted by Gasteiger charge is -2.13. The van der Waals surface area contributed by atoms with Gasteiger partial charge in [0.05, 0.1) is 0 Å². The van der Waals surface area contributed by atoms with Gasteiger partial charge in [-0.3, -0.25) is 4.79 Å². The van der Waals surface area contributed by atoms with Crippen LogP contribution in [0.15, 0.2) is 48.5 Å². The van der Waals surface area contributed by atoms with Crippen LogP contribution < -0.4 is 10.2 Å². The molecule has 1 heterocycles. The lowest BCUT2D eigenvalue weighted by Crippen LogP contribution is -2.20. The first-order valence-electron chi connectivity index (χ1n) is 7.86. The minimum atomic E-state index is -0.607. The zero-order valence-corrected chi connectivity index (χ0v) is 15.1. The van der Waals surface area contributed by atoms with Crippen molar-refractivity contribution in [1.29, 1.82) is 0 Å². The Bertz CT molecular complexity index is 951. The van der Waals surface area contributed by atoms with Crippen LogP contribution in [0.2, 0.25) is 0 Å². The third-order valence-corrected chi connectivity index (χ3v) is 4.78. The van der Waals surface area contributed by atoms with Gasteiger partial charge in [-0.05, 0) is 53.9 Å². The molecular weight excluding hydrogens is 355 g/mol. The molecule has 5 nitrogen and oxygen atoms in total. The van der Waals surface area contributed by atoms with Gasteiger partial charge in [-0.2, -0.15) is 0 Å². The molecule has 0 aliphatic carbocycles. The Kier molecular flexibility index (Phi) is 5.18. The molecule has 7 heteroatoms. The van der Waals surface area contributed by atoms with Gasteiger partial charge in [0.2, 0.25) is 0 Å². The minimum absolute atomic E-state index is 0.328. The fraction of sp³-hybridized carbons (Fsp3) is 0.158. The van der Waals surface area contributed by atoms with E-state index >= 15 is 0 Å². The van der Waals surface area contributed by atoms with Gasteiger partial charge in [-0.25, -0.2) is 9.18 Å². The molecule has 0 aliphatic heterocycles. The smallest absolute Gasteiger partial charge is 0.348 e.